The lowest BCUT2D eigenvalue weighted by molar-refractivity contribution is 0.248. The van der Waals surface area contributed by atoms with Crippen molar-refractivity contribution in [2.75, 3.05) is 33.7 Å². The Bertz CT molecular complexity index is 363. The van der Waals surface area contributed by atoms with E-state index in [-0.39, 0.29) is 6.04 Å². The molecule has 0 radical (unpaired) electrons. The van der Waals surface area contributed by atoms with E-state index in [2.05, 4.69) is 55.1 Å². The zero-order valence-electron chi connectivity index (χ0n) is 11.7. The fourth-order valence-corrected chi connectivity index (χ4v) is 2.95. The highest BCUT2D eigenvalue weighted by Crippen LogP contribution is 2.22. The van der Waals surface area contributed by atoms with E-state index >= 15 is 0 Å². The molecule has 2 N–H and O–H groups in total. The second-order valence-corrected chi connectivity index (χ2v) is 5.74. The molecule has 0 saturated carbocycles. The van der Waals surface area contributed by atoms with Crippen LogP contribution in [-0.2, 0) is 0 Å². The predicted molar refractivity (Wildman–Crippen MR) is 76.4 cm³/mol. The first-order valence-corrected chi connectivity index (χ1v) is 6.77. The molecule has 3 heteroatoms. The van der Waals surface area contributed by atoms with Gasteiger partial charge in [-0.05, 0) is 25.6 Å². The van der Waals surface area contributed by atoms with Crippen LogP contribution in [0, 0.1) is 5.92 Å². The Hall–Kier alpha value is -0.900. The Morgan fingerprint density at radius 2 is 1.94 bits per heavy atom. The summed E-state index contributed by atoms with van der Waals surface area (Å²) in [4.78, 5) is 4.83. The summed E-state index contributed by atoms with van der Waals surface area (Å²) in [5.74, 6) is 0.725. The first-order valence-electron chi connectivity index (χ1n) is 6.77. The maximum Gasteiger partial charge on any atom is 0.0424 e. The Labute approximate surface area is 111 Å². The van der Waals surface area contributed by atoms with Crippen molar-refractivity contribution >= 4 is 0 Å². The number of benzene rings is 1. The molecule has 3 atom stereocenters. The van der Waals surface area contributed by atoms with Gasteiger partial charge in [0.05, 0.1) is 0 Å². The fraction of sp³-hybridized carbons (Fsp3) is 0.600. The molecule has 1 aromatic rings. The van der Waals surface area contributed by atoms with Crippen LogP contribution < -0.4 is 5.73 Å². The van der Waals surface area contributed by atoms with E-state index in [4.69, 9.17) is 5.73 Å². The third-order valence-electron chi connectivity index (χ3n) is 3.99. The van der Waals surface area contributed by atoms with Crippen LogP contribution in [0.3, 0.4) is 0 Å². The van der Waals surface area contributed by atoms with Crippen molar-refractivity contribution in [3.63, 3.8) is 0 Å². The van der Waals surface area contributed by atoms with Gasteiger partial charge in [0.1, 0.15) is 0 Å². The summed E-state index contributed by atoms with van der Waals surface area (Å²) in [6, 6.07) is 11.2. The third-order valence-corrected chi connectivity index (χ3v) is 3.99. The van der Waals surface area contributed by atoms with Gasteiger partial charge in [0.25, 0.3) is 0 Å². The summed E-state index contributed by atoms with van der Waals surface area (Å²) in [7, 11) is 4.34. The Kier molecular flexibility index (Phi) is 4.38. The number of likely N-dealkylation sites (N-methyl/N-ethyl adjacent to an activating group) is 1. The van der Waals surface area contributed by atoms with Crippen LogP contribution in [0.4, 0.5) is 0 Å². The van der Waals surface area contributed by atoms with Crippen molar-refractivity contribution in [1.29, 1.82) is 0 Å². The average molecular weight is 247 g/mol. The molecule has 1 aliphatic rings. The molecule has 1 heterocycles. The van der Waals surface area contributed by atoms with E-state index in [0.29, 0.717) is 6.04 Å². The van der Waals surface area contributed by atoms with Gasteiger partial charge in [-0.3, -0.25) is 4.90 Å². The van der Waals surface area contributed by atoms with Gasteiger partial charge in [0, 0.05) is 31.7 Å². The highest BCUT2D eigenvalue weighted by Gasteiger charge is 2.31. The normalized spacial score (nSPS) is 26.7. The lowest BCUT2D eigenvalue weighted by atomic mass is 10.1. The monoisotopic (exact) mass is 247 g/mol. The van der Waals surface area contributed by atoms with Gasteiger partial charge < -0.3 is 10.6 Å². The molecule has 1 saturated heterocycles. The minimum atomic E-state index is 0.124. The van der Waals surface area contributed by atoms with Crippen molar-refractivity contribution in [3.8, 4) is 0 Å². The van der Waals surface area contributed by atoms with Crippen molar-refractivity contribution in [3.05, 3.63) is 35.9 Å². The Morgan fingerprint density at radius 3 is 2.50 bits per heavy atom. The van der Waals surface area contributed by atoms with E-state index in [9.17, 15) is 0 Å². The number of nitrogens with zero attached hydrogens (tertiary/aromatic N) is 2. The minimum absolute atomic E-state index is 0.124. The molecular weight excluding hydrogens is 222 g/mol. The second-order valence-electron chi connectivity index (χ2n) is 5.74. The lowest BCUT2D eigenvalue weighted by Gasteiger charge is -2.23. The smallest absolute Gasteiger partial charge is 0.0424 e. The molecule has 1 aliphatic heterocycles. The van der Waals surface area contributed by atoms with E-state index in [1.165, 1.54) is 5.56 Å². The molecule has 0 aliphatic carbocycles. The Morgan fingerprint density at radius 1 is 1.28 bits per heavy atom. The van der Waals surface area contributed by atoms with Crippen molar-refractivity contribution in [1.82, 2.24) is 9.80 Å². The summed E-state index contributed by atoms with van der Waals surface area (Å²) in [5.41, 5.74) is 7.52. The zero-order chi connectivity index (χ0) is 13.1. The summed E-state index contributed by atoms with van der Waals surface area (Å²) in [6.45, 7) is 5.58. The molecular formula is C15H25N3. The van der Waals surface area contributed by atoms with Crippen LogP contribution in [0.5, 0.6) is 0 Å². The van der Waals surface area contributed by atoms with E-state index in [1.54, 1.807) is 0 Å². The highest BCUT2D eigenvalue weighted by molar-refractivity contribution is 5.18. The molecule has 0 aromatic heterocycles. The number of hydrogen-bond acceptors (Lipinski definition) is 3. The van der Waals surface area contributed by atoms with Crippen LogP contribution in [0.1, 0.15) is 18.5 Å². The van der Waals surface area contributed by atoms with Crippen LogP contribution in [0.2, 0.25) is 0 Å². The first-order chi connectivity index (χ1) is 8.58. The molecule has 18 heavy (non-hydrogen) atoms. The summed E-state index contributed by atoms with van der Waals surface area (Å²) < 4.78 is 0. The molecule has 1 fully saturated rings. The van der Waals surface area contributed by atoms with Crippen LogP contribution in [-0.4, -0.2) is 49.6 Å². The molecule has 0 spiro atoms. The molecule has 0 amide bonds. The number of hydrogen-bond donors (Lipinski definition) is 1. The van der Waals surface area contributed by atoms with Crippen molar-refractivity contribution < 1.29 is 0 Å². The lowest BCUT2D eigenvalue weighted by Crippen LogP contribution is -2.36. The molecule has 0 bridgehead atoms. The number of rotatable bonds is 4. The van der Waals surface area contributed by atoms with Crippen molar-refractivity contribution in [2.45, 2.75) is 19.0 Å². The largest absolute Gasteiger partial charge is 0.323 e. The first kappa shape index (κ1) is 13.5. The van der Waals surface area contributed by atoms with Crippen LogP contribution in [0.15, 0.2) is 30.3 Å². The second kappa shape index (κ2) is 5.83. The standard InChI is InChI=1S/C15H25N3/c1-12-9-18(11-15(12)17(2)3)10-14(16)13-7-5-4-6-8-13/h4-8,12,14-15H,9-11,16H2,1-3H3/t12?,14-,15?/m1/s1. The fourth-order valence-electron chi connectivity index (χ4n) is 2.95. The SMILES string of the molecule is CC1CN(C[C@@H](N)c2ccccc2)CC1N(C)C. The maximum atomic E-state index is 6.29. The van der Waals surface area contributed by atoms with Crippen molar-refractivity contribution in [2.24, 2.45) is 11.7 Å². The molecule has 100 valence electrons. The van der Waals surface area contributed by atoms with E-state index in [0.717, 1.165) is 25.6 Å². The molecule has 3 nitrogen and oxygen atoms in total. The summed E-state index contributed by atoms with van der Waals surface area (Å²) in [6.07, 6.45) is 0. The molecule has 2 unspecified atom stereocenters. The maximum absolute atomic E-state index is 6.29. The van der Waals surface area contributed by atoms with Crippen LogP contribution in [0.25, 0.3) is 0 Å². The third kappa shape index (κ3) is 3.10. The van der Waals surface area contributed by atoms with Gasteiger partial charge in [-0.15, -0.1) is 0 Å². The summed E-state index contributed by atoms with van der Waals surface area (Å²) >= 11 is 0. The van der Waals surface area contributed by atoms with Gasteiger partial charge in [0.15, 0.2) is 0 Å². The van der Waals surface area contributed by atoms with E-state index < -0.39 is 0 Å². The topological polar surface area (TPSA) is 32.5 Å². The average Bonchev–Trinajstić information content (AvgIpc) is 2.71. The number of nitrogens with two attached hydrogens (primary N) is 1. The molecule has 1 aromatic carbocycles. The molecule has 2 rings (SSSR count). The summed E-state index contributed by atoms with van der Waals surface area (Å²) in [5, 5.41) is 0. The van der Waals surface area contributed by atoms with Gasteiger partial charge in [-0.25, -0.2) is 0 Å². The quantitative estimate of drug-likeness (QED) is 0.876. The minimum Gasteiger partial charge on any atom is -0.323 e. The van der Waals surface area contributed by atoms with Gasteiger partial charge in [-0.1, -0.05) is 37.3 Å². The Balaban J connectivity index is 1.92. The van der Waals surface area contributed by atoms with E-state index in [1.807, 2.05) is 6.07 Å². The zero-order valence-corrected chi connectivity index (χ0v) is 11.7. The van der Waals surface area contributed by atoms with Gasteiger partial charge >= 0.3 is 0 Å². The van der Waals surface area contributed by atoms with Crippen LogP contribution >= 0.6 is 0 Å². The number of likely N-dealkylation sites (tertiary alicyclic amines) is 1. The van der Waals surface area contributed by atoms with Gasteiger partial charge in [-0.2, -0.15) is 0 Å². The predicted octanol–water partition coefficient (Wildman–Crippen LogP) is 1.57. The van der Waals surface area contributed by atoms with Gasteiger partial charge in [0.2, 0.25) is 0 Å². The highest BCUT2D eigenvalue weighted by atomic mass is 15.2.